The molecule has 0 saturated heterocycles. The Kier molecular flexibility index (Phi) is 1.74. The fourth-order valence-electron chi connectivity index (χ4n) is 1.24. The van der Waals surface area contributed by atoms with Gasteiger partial charge in [-0.05, 0) is 35.9 Å². The van der Waals surface area contributed by atoms with Gasteiger partial charge in [0, 0.05) is 4.90 Å². The number of hydrogen-bond acceptors (Lipinski definition) is 1. The molecule has 0 fully saturated rings. The summed E-state index contributed by atoms with van der Waals surface area (Å²) in [5.41, 5.74) is 2.81. The van der Waals surface area contributed by atoms with E-state index in [1.54, 1.807) is 0 Å². The molecule has 2 rings (SSSR count). The summed E-state index contributed by atoms with van der Waals surface area (Å²) in [5.74, 6) is 0. The molecule has 1 aromatic carbocycles. The van der Waals surface area contributed by atoms with Crippen LogP contribution in [-0.4, -0.2) is 0 Å². The maximum atomic E-state index is 2.25. The average molecular weight is 162 g/mol. The van der Waals surface area contributed by atoms with Gasteiger partial charge in [-0.15, -0.1) is 0 Å². The number of fused-ring (bicyclic) bond motifs is 1. The molecular formula is C10H10S. The van der Waals surface area contributed by atoms with E-state index >= 15 is 0 Å². The number of aryl methyl sites for hydroxylation is 1. The van der Waals surface area contributed by atoms with Crippen molar-refractivity contribution in [2.75, 3.05) is 0 Å². The van der Waals surface area contributed by atoms with Gasteiger partial charge >= 0.3 is 0 Å². The summed E-state index contributed by atoms with van der Waals surface area (Å²) in [5, 5.41) is 2.17. The van der Waals surface area contributed by atoms with Gasteiger partial charge in [-0.25, -0.2) is 0 Å². The highest BCUT2D eigenvalue weighted by atomic mass is 32.2. The second-order valence-corrected chi connectivity index (χ2v) is 3.75. The third kappa shape index (κ3) is 1.33. The Morgan fingerprint density at radius 1 is 1.36 bits per heavy atom. The van der Waals surface area contributed by atoms with Crippen molar-refractivity contribution >= 4 is 11.8 Å². The van der Waals surface area contributed by atoms with Crippen molar-refractivity contribution in [2.24, 2.45) is 0 Å². The van der Waals surface area contributed by atoms with E-state index < -0.39 is 0 Å². The monoisotopic (exact) mass is 162 g/mol. The maximum absolute atomic E-state index is 2.25. The first-order valence-electron chi connectivity index (χ1n) is 3.77. The van der Waals surface area contributed by atoms with Gasteiger partial charge in [0.15, 0.2) is 0 Å². The lowest BCUT2D eigenvalue weighted by Gasteiger charge is -2.09. The highest BCUT2D eigenvalue weighted by Crippen LogP contribution is 2.29. The first kappa shape index (κ1) is 6.99. The van der Waals surface area contributed by atoms with Crippen LogP contribution < -0.4 is 0 Å². The van der Waals surface area contributed by atoms with Gasteiger partial charge in [-0.2, -0.15) is 0 Å². The summed E-state index contributed by atoms with van der Waals surface area (Å²) in [6.07, 6.45) is 3.31. The lowest BCUT2D eigenvalue weighted by Crippen LogP contribution is -1.89. The second-order valence-electron chi connectivity index (χ2n) is 2.80. The Hall–Kier alpha value is -0.690. The molecule has 0 bridgehead atoms. The molecule has 0 aliphatic carbocycles. The molecule has 0 nitrogen and oxygen atoms in total. The Morgan fingerprint density at radius 3 is 3.18 bits per heavy atom. The van der Waals surface area contributed by atoms with E-state index in [1.807, 2.05) is 11.8 Å². The normalized spacial score (nSPS) is 14.6. The lowest BCUT2D eigenvalue weighted by atomic mass is 10.1. The van der Waals surface area contributed by atoms with E-state index in [9.17, 15) is 0 Å². The zero-order valence-electron chi connectivity index (χ0n) is 6.50. The Balaban J connectivity index is 2.48. The second kappa shape index (κ2) is 2.74. The standard InChI is InChI=1S/C10H10S/c1-8-4-5-9-3-2-6-11-10(9)7-8/h2,4-7H,3H2,1H3. The van der Waals surface area contributed by atoms with Crippen LogP contribution in [0, 0.1) is 6.92 Å². The third-order valence-corrected chi connectivity index (χ3v) is 2.81. The molecule has 1 heteroatoms. The molecule has 0 spiro atoms. The van der Waals surface area contributed by atoms with Crippen molar-refractivity contribution < 1.29 is 0 Å². The predicted molar refractivity (Wildman–Crippen MR) is 49.9 cm³/mol. The molecule has 0 atom stereocenters. The largest absolute Gasteiger partial charge is 0.0981 e. The highest BCUT2D eigenvalue weighted by Gasteiger charge is 2.03. The van der Waals surface area contributed by atoms with Crippen LogP contribution in [0.15, 0.2) is 34.6 Å². The zero-order valence-corrected chi connectivity index (χ0v) is 7.32. The quantitative estimate of drug-likeness (QED) is 0.564. The number of rotatable bonds is 0. The van der Waals surface area contributed by atoms with Crippen LogP contribution in [0.1, 0.15) is 11.1 Å². The number of allylic oxidation sites excluding steroid dienone is 1. The van der Waals surface area contributed by atoms with Crippen molar-refractivity contribution in [3.05, 3.63) is 40.8 Å². The van der Waals surface area contributed by atoms with Crippen LogP contribution in [0.2, 0.25) is 0 Å². The van der Waals surface area contributed by atoms with E-state index in [1.165, 1.54) is 16.0 Å². The Labute approximate surface area is 71.3 Å². The molecule has 0 N–H and O–H groups in total. The number of hydrogen-bond donors (Lipinski definition) is 0. The van der Waals surface area contributed by atoms with Crippen LogP contribution in [0.25, 0.3) is 0 Å². The minimum atomic E-state index is 1.10. The minimum Gasteiger partial charge on any atom is -0.0981 e. The summed E-state index contributed by atoms with van der Waals surface area (Å²) < 4.78 is 0. The average Bonchev–Trinajstić information content (AvgIpc) is 2.04. The van der Waals surface area contributed by atoms with Crippen LogP contribution in [-0.2, 0) is 6.42 Å². The molecular weight excluding hydrogens is 152 g/mol. The summed E-state index contributed by atoms with van der Waals surface area (Å²) in [6.45, 7) is 2.14. The molecule has 11 heavy (non-hydrogen) atoms. The molecule has 1 aliphatic rings. The highest BCUT2D eigenvalue weighted by molar-refractivity contribution is 8.02. The SMILES string of the molecule is Cc1ccc2c(c1)SC=CC2. The van der Waals surface area contributed by atoms with Gasteiger partial charge in [-0.1, -0.05) is 30.0 Å². The Bertz CT molecular complexity index is 300. The zero-order chi connectivity index (χ0) is 7.68. The number of benzene rings is 1. The smallest absolute Gasteiger partial charge is 0.0154 e. The molecule has 1 aromatic rings. The van der Waals surface area contributed by atoms with Crippen molar-refractivity contribution in [1.29, 1.82) is 0 Å². The minimum absolute atomic E-state index is 1.10. The van der Waals surface area contributed by atoms with E-state index in [4.69, 9.17) is 0 Å². The first-order valence-corrected chi connectivity index (χ1v) is 4.65. The van der Waals surface area contributed by atoms with E-state index in [2.05, 4.69) is 36.6 Å². The van der Waals surface area contributed by atoms with Crippen molar-refractivity contribution in [2.45, 2.75) is 18.2 Å². The molecule has 1 aliphatic heterocycles. The van der Waals surface area contributed by atoms with E-state index in [0.29, 0.717) is 0 Å². The molecule has 0 saturated carbocycles. The summed E-state index contributed by atoms with van der Waals surface area (Å²) in [4.78, 5) is 1.42. The molecule has 1 heterocycles. The van der Waals surface area contributed by atoms with Crippen LogP contribution >= 0.6 is 11.8 Å². The van der Waals surface area contributed by atoms with Gasteiger partial charge in [0.2, 0.25) is 0 Å². The van der Waals surface area contributed by atoms with Crippen LogP contribution in [0.3, 0.4) is 0 Å². The van der Waals surface area contributed by atoms with Crippen molar-refractivity contribution in [3.63, 3.8) is 0 Å². The van der Waals surface area contributed by atoms with Gasteiger partial charge in [0.05, 0.1) is 0 Å². The van der Waals surface area contributed by atoms with Gasteiger partial charge in [-0.3, -0.25) is 0 Å². The number of thioether (sulfide) groups is 1. The first-order chi connectivity index (χ1) is 5.36. The molecule has 0 aromatic heterocycles. The van der Waals surface area contributed by atoms with Crippen LogP contribution in [0.4, 0.5) is 0 Å². The van der Waals surface area contributed by atoms with E-state index in [-0.39, 0.29) is 0 Å². The van der Waals surface area contributed by atoms with Crippen molar-refractivity contribution in [1.82, 2.24) is 0 Å². The predicted octanol–water partition coefficient (Wildman–Crippen LogP) is 3.16. The molecule has 0 unspecified atom stereocenters. The fraction of sp³-hybridized carbons (Fsp3) is 0.200. The third-order valence-electron chi connectivity index (χ3n) is 1.85. The van der Waals surface area contributed by atoms with Gasteiger partial charge in [0.25, 0.3) is 0 Å². The lowest BCUT2D eigenvalue weighted by molar-refractivity contribution is 1.16. The van der Waals surface area contributed by atoms with Crippen molar-refractivity contribution in [3.8, 4) is 0 Å². The van der Waals surface area contributed by atoms with Gasteiger partial charge in [0.1, 0.15) is 0 Å². The maximum Gasteiger partial charge on any atom is 0.0154 e. The molecule has 0 radical (unpaired) electrons. The fourth-order valence-corrected chi connectivity index (χ4v) is 2.13. The summed E-state index contributed by atoms with van der Waals surface area (Å²) >= 11 is 1.82. The van der Waals surface area contributed by atoms with E-state index in [0.717, 1.165) is 6.42 Å². The molecule has 0 amide bonds. The Morgan fingerprint density at radius 2 is 2.27 bits per heavy atom. The van der Waals surface area contributed by atoms with Gasteiger partial charge < -0.3 is 0 Å². The molecule has 56 valence electrons. The summed E-state index contributed by atoms with van der Waals surface area (Å²) in [6, 6.07) is 6.66. The topological polar surface area (TPSA) is 0 Å². The van der Waals surface area contributed by atoms with Crippen LogP contribution in [0.5, 0.6) is 0 Å². The summed E-state index contributed by atoms with van der Waals surface area (Å²) in [7, 11) is 0.